The van der Waals surface area contributed by atoms with Crippen LogP contribution in [0.25, 0.3) is 5.57 Å². The van der Waals surface area contributed by atoms with Gasteiger partial charge in [0, 0.05) is 42.8 Å². The van der Waals surface area contributed by atoms with E-state index in [2.05, 4.69) is 9.88 Å². The second-order valence-electron chi connectivity index (χ2n) is 9.37. The second-order valence-corrected chi connectivity index (χ2v) is 9.81. The zero-order valence-electron chi connectivity index (χ0n) is 20.2. The number of amides is 1. The largest absolute Gasteiger partial charge is 0.466 e. The summed E-state index contributed by atoms with van der Waals surface area (Å²) in [6.45, 7) is 4.03. The zero-order chi connectivity index (χ0) is 24.8. The summed E-state index contributed by atoms with van der Waals surface area (Å²) in [6, 6.07) is 11.4. The number of allylic oxidation sites excluding steroid dienone is 1. The molecule has 186 valence electrons. The van der Waals surface area contributed by atoms with Gasteiger partial charge in [0.2, 0.25) is 5.91 Å². The number of ether oxygens (including phenoxy) is 1. The van der Waals surface area contributed by atoms with Gasteiger partial charge in [-0.25, -0.2) is 9.78 Å². The number of hydrogen-bond acceptors (Lipinski definition) is 6. The number of likely N-dealkylation sites (tertiary alicyclic amines) is 2. The van der Waals surface area contributed by atoms with Crippen molar-refractivity contribution in [1.29, 1.82) is 0 Å². The van der Waals surface area contributed by atoms with E-state index in [1.54, 1.807) is 12.3 Å². The van der Waals surface area contributed by atoms with Crippen LogP contribution in [0.5, 0.6) is 0 Å². The Morgan fingerprint density at radius 2 is 1.71 bits per heavy atom. The number of nitrogen functional groups attached to an aromatic ring is 1. The predicted molar refractivity (Wildman–Crippen MR) is 137 cm³/mol. The molecule has 4 rings (SSSR count). The van der Waals surface area contributed by atoms with Crippen LogP contribution in [-0.2, 0) is 20.9 Å². The molecule has 0 saturated carbocycles. The van der Waals surface area contributed by atoms with Gasteiger partial charge >= 0.3 is 5.97 Å². The molecule has 2 N–H and O–H groups in total. The average molecular weight is 497 g/mol. The molecule has 1 aromatic heterocycles. The number of carbonyl (C=O) groups is 2. The number of nitrogens with zero attached hydrogens (tertiary/aromatic N) is 3. The van der Waals surface area contributed by atoms with Gasteiger partial charge < -0.3 is 15.4 Å². The Morgan fingerprint density at radius 3 is 2.34 bits per heavy atom. The van der Waals surface area contributed by atoms with E-state index in [-0.39, 0.29) is 23.7 Å². The molecule has 0 unspecified atom stereocenters. The number of carbonyl (C=O) groups excluding carboxylic acids is 2. The molecule has 2 fully saturated rings. The Bertz CT molecular complexity index is 1060. The summed E-state index contributed by atoms with van der Waals surface area (Å²) < 4.78 is 4.89. The Morgan fingerprint density at radius 1 is 1.06 bits per heavy atom. The van der Waals surface area contributed by atoms with E-state index >= 15 is 0 Å². The summed E-state index contributed by atoms with van der Waals surface area (Å²) in [7, 11) is 1.39. The molecule has 2 aliphatic rings. The van der Waals surface area contributed by atoms with Crippen LogP contribution in [0.2, 0.25) is 5.02 Å². The number of aromatic nitrogens is 1. The summed E-state index contributed by atoms with van der Waals surface area (Å²) in [5, 5.41) is 0.655. The van der Waals surface area contributed by atoms with Gasteiger partial charge in [0.25, 0.3) is 0 Å². The van der Waals surface area contributed by atoms with Crippen LogP contribution in [-0.4, -0.2) is 59.9 Å². The molecule has 0 bridgehead atoms. The number of benzene rings is 1. The molecule has 1 aromatic carbocycles. The van der Waals surface area contributed by atoms with Crippen molar-refractivity contribution in [3.05, 3.63) is 64.8 Å². The highest BCUT2D eigenvalue weighted by atomic mass is 35.5. The first kappa shape index (κ1) is 25.2. The van der Waals surface area contributed by atoms with Crippen molar-refractivity contribution in [3.63, 3.8) is 0 Å². The van der Waals surface area contributed by atoms with Crippen LogP contribution in [0.4, 0.5) is 5.82 Å². The van der Waals surface area contributed by atoms with Crippen molar-refractivity contribution >= 4 is 34.9 Å². The summed E-state index contributed by atoms with van der Waals surface area (Å²) in [6.07, 6.45) is 6.70. The first-order valence-electron chi connectivity index (χ1n) is 12.2. The fraction of sp³-hybridized carbons (Fsp3) is 0.444. The molecule has 35 heavy (non-hydrogen) atoms. The standard InChI is InChI=1S/C27H33ClN4O3/c1-35-26(33)17-24(20-2-4-23(28)5-3-20)21-9-14-32(15-10-21)27(34)22-7-12-31(13-8-22)18-19-6-11-30-25(29)16-19/h2-6,11,16-17,21-22H,7-10,12-15,18H2,1H3,(H2,29,30)/b24-17-. The lowest BCUT2D eigenvalue weighted by Gasteiger charge is -2.38. The molecule has 0 spiro atoms. The monoisotopic (exact) mass is 496 g/mol. The lowest BCUT2D eigenvalue weighted by molar-refractivity contribution is -0.138. The quantitative estimate of drug-likeness (QED) is 0.480. The number of pyridine rings is 1. The Kier molecular flexibility index (Phi) is 8.42. The maximum Gasteiger partial charge on any atom is 0.330 e. The second kappa shape index (κ2) is 11.7. The first-order chi connectivity index (χ1) is 16.9. The van der Waals surface area contributed by atoms with E-state index in [9.17, 15) is 9.59 Å². The topological polar surface area (TPSA) is 88.8 Å². The molecule has 0 radical (unpaired) electrons. The lowest BCUT2D eigenvalue weighted by Crippen LogP contribution is -2.45. The van der Waals surface area contributed by atoms with Gasteiger partial charge in [-0.3, -0.25) is 9.69 Å². The molecule has 2 aromatic rings. The lowest BCUT2D eigenvalue weighted by atomic mass is 9.84. The number of anilines is 1. The fourth-order valence-corrected chi connectivity index (χ4v) is 5.25. The number of methoxy groups -OCH3 is 1. The number of nitrogens with two attached hydrogens (primary N) is 1. The number of halogens is 1. The molecule has 3 heterocycles. The maximum atomic E-state index is 13.3. The number of esters is 1. The van der Waals surface area contributed by atoms with Crippen LogP contribution in [0.15, 0.2) is 48.7 Å². The third-order valence-corrected chi connectivity index (χ3v) is 7.34. The van der Waals surface area contributed by atoms with Gasteiger partial charge in [-0.15, -0.1) is 0 Å². The highest BCUT2D eigenvalue weighted by Gasteiger charge is 2.32. The summed E-state index contributed by atoms with van der Waals surface area (Å²) in [4.78, 5) is 33.7. The zero-order valence-corrected chi connectivity index (χ0v) is 20.9. The van der Waals surface area contributed by atoms with Gasteiger partial charge in [-0.1, -0.05) is 23.7 Å². The molecule has 8 heteroatoms. The van der Waals surface area contributed by atoms with Gasteiger partial charge in [-0.2, -0.15) is 0 Å². The predicted octanol–water partition coefficient (Wildman–Crippen LogP) is 4.02. The van der Waals surface area contributed by atoms with Gasteiger partial charge in [0.1, 0.15) is 5.82 Å². The van der Waals surface area contributed by atoms with Gasteiger partial charge in [0.05, 0.1) is 7.11 Å². The van der Waals surface area contributed by atoms with Gasteiger partial charge in [0.15, 0.2) is 0 Å². The minimum absolute atomic E-state index is 0.0756. The van der Waals surface area contributed by atoms with Crippen LogP contribution < -0.4 is 5.73 Å². The SMILES string of the molecule is COC(=O)/C=C(/c1ccc(Cl)cc1)C1CCN(C(=O)C2CCN(Cc3ccnc(N)c3)CC2)CC1. The van der Waals surface area contributed by atoms with Crippen molar-refractivity contribution in [2.24, 2.45) is 11.8 Å². The van der Waals surface area contributed by atoms with Crippen molar-refractivity contribution in [2.75, 3.05) is 39.0 Å². The number of rotatable bonds is 6. The third kappa shape index (κ3) is 6.61. The van der Waals surface area contributed by atoms with Crippen LogP contribution in [0, 0.1) is 11.8 Å². The molecule has 7 nitrogen and oxygen atoms in total. The van der Waals surface area contributed by atoms with Crippen molar-refractivity contribution in [3.8, 4) is 0 Å². The van der Waals surface area contributed by atoms with Gasteiger partial charge in [-0.05, 0) is 85.7 Å². The third-order valence-electron chi connectivity index (χ3n) is 7.09. The van der Waals surface area contributed by atoms with E-state index < -0.39 is 0 Å². The smallest absolute Gasteiger partial charge is 0.330 e. The van der Waals surface area contributed by atoms with Crippen molar-refractivity contribution in [1.82, 2.24) is 14.8 Å². The van der Waals surface area contributed by atoms with Crippen molar-refractivity contribution in [2.45, 2.75) is 32.2 Å². The molecule has 0 aliphatic carbocycles. The minimum atomic E-state index is -0.366. The highest BCUT2D eigenvalue weighted by molar-refractivity contribution is 6.30. The van der Waals surface area contributed by atoms with Crippen molar-refractivity contribution < 1.29 is 14.3 Å². The number of hydrogen-bond donors (Lipinski definition) is 1. The molecule has 2 aliphatic heterocycles. The van der Waals surface area contributed by atoms with Crippen LogP contribution in [0.1, 0.15) is 36.8 Å². The summed E-state index contributed by atoms with van der Waals surface area (Å²) in [5.74, 6) is 0.702. The Hall–Kier alpha value is -2.90. The van der Waals surface area contributed by atoms with Crippen LogP contribution >= 0.6 is 11.6 Å². The summed E-state index contributed by atoms with van der Waals surface area (Å²) in [5.41, 5.74) is 8.86. The van der Waals surface area contributed by atoms with E-state index in [1.165, 1.54) is 7.11 Å². The highest BCUT2D eigenvalue weighted by Crippen LogP contribution is 2.34. The first-order valence-corrected chi connectivity index (χ1v) is 12.6. The van der Waals surface area contributed by atoms with E-state index in [1.807, 2.05) is 41.3 Å². The van der Waals surface area contributed by atoms with E-state index in [0.717, 1.165) is 62.0 Å². The molecular formula is C27H33ClN4O3. The summed E-state index contributed by atoms with van der Waals surface area (Å²) >= 11 is 6.05. The molecule has 2 saturated heterocycles. The minimum Gasteiger partial charge on any atom is -0.466 e. The molecule has 1 amide bonds. The Labute approximate surface area is 211 Å². The fourth-order valence-electron chi connectivity index (χ4n) is 5.12. The Balaban J connectivity index is 1.31. The molecule has 0 atom stereocenters. The van der Waals surface area contributed by atoms with Crippen LogP contribution in [0.3, 0.4) is 0 Å². The average Bonchev–Trinajstić information content (AvgIpc) is 2.88. The molecular weight excluding hydrogens is 464 g/mol. The normalized spacial score (nSPS) is 18.5. The van der Waals surface area contributed by atoms with E-state index in [0.29, 0.717) is 23.9 Å². The van der Waals surface area contributed by atoms with E-state index in [4.69, 9.17) is 22.1 Å². The maximum absolute atomic E-state index is 13.3. The number of piperidine rings is 2.